The molecule has 0 unspecified atom stereocenters. The molecule has 0 radical (unpaired) electrons. The van der Waals surface area contributed by atoms with Gasteiger partial charge in [-0.05, 0) is 43.7 Å². The number of pyridine rings is 1. The average molecular weight is 499 g/mol. The zero-order chi connectivity index (χ0) is 24.3. The molecule has 0 atom stereocenters. The predicted octanol–water partition coefficient (Wildman–Crippen LogP) is 3.73. The van der Waals surface area contributed by atoms with Gasteiger partial charge in [-0.15, -0.1) is 0 Å². The van der Waals surface area contributed by atoms with Crippen LogP contribution in [0, 0.1) is 6.92 Å². The second kappa shape index (κ2) is 9.69. The Labute approximate surface area is 200 Å². The van der Waals surface area contributed by atoms with Crippen molar-refractivity contribution in [1.82, 2.24) is 19.9 Å². The molecule has 0 aliphatic rings. The quantitative estimate of drug-likeness (QED) is 0.346. The number of thiazole rings is 1. The maximum absolute atomic E-state index is 12.1. The molecule has 0 fully saturated rings. The number of ether oxygens (including phenoxy) is 1. The van der Waals surface area contributed by atoms with E-state index in [9.17, 15) is 13.2 Å². The lowest BCUT2D eigenvalue weighted by atomic mass is 10.2. The number of aryl methyl sites for hydroxylation is 1. The normalized spacial score (nSPS) is 11.4. The number of hydrogen-bond donors (Lipinski definition) is 2. The second-order valence-electron chi connectivity index (χ2n) is 7.32. The third-order valence-corrected chi connectivity index (χ3v) is 6.94. The van der Waals surface area contributed by atoms with Crippen LogP contribution in [0.1, 0.15) is 27.9 Å². The highest BCUT2D eigenvalue weighted by molar-refractivity contribution is 7.90. The number of rotatable bonds is 8. The van der Waals surface area contributed by atoms with Crippen molar-refractivity contribution in [2.75, 3.05) is 23.5 Å². The molecule has 0 saturated carbocycles. The van der Waals surface area contributed by atoms with Crippen LogP contribution in [0.25, 0.3) is 11.0 Å². The van der Waals surface area contributed by atoms with E-state index >= 15 is 0 Å². The Morgan fingerprint density at radius 1 is 1.12 bits per heavy atom. The van der Waals surface area contributed by atoms with Crippen LogP contribution in [-0.4, -0.2) is 47.2 Å². The Balaban J connectivity index is 1.58. The van der Waals surface area contributed by atoms with E-state index in [1.165, 1.54) is 6.26 Å². The molecule has 0 spiro atoms. The number of carbonyl (C=O) groups is 1. The second-order valence-corrected chi connectivity index (χ2v) is 10.3. The molecule has 12 heteroatoms. The fraction of sp³-hybridized carbons (Fsp3) is 0.227. The van der Waals surface area contributed by atoms with Crippen LogP contribution in [0.3, 0.4) is 0 Å². The number of nitrogens with zero attached hydrogens (tertiary/aromatic N) is 4. The zero-order valence-electron chi connectivity index (χ0n) is 18.7. The number of sulfone groups is 1. The summed E-state index contributed by atoms with van der Waals surface area (Å²) in [6.07, 6.45) is 2.81. The molecule has 0 aliphatic carbocycles. The maximum atomic E-state index is 12.1. The Morgan fingerprint density at radius 3 is 2.59 bits per heavy atom. The highest BCUT2D eigenvalue weighted by atomic mass is 32.2. The Bertz CT molecular complexity index is 1450. The lowest BCUT2D eigenvalue weighted by Crippen LogP contribution is -2.06. The summed E-state index contributed by atoms with van der Waals surface area (Å²) in [6, 6.07) is 10.3. The van der Waals surface area contributed by atoms with Gasteiger partial charge in [0.2, 0.25) is 5.95 Å². The number of esters is 1. The molecule has 0 bridgehead atoms. The number of aromatic nitrogens is 4. The SMILES string of the molecule is CCOC(=O)c1sc(Nc2nc(NCc3ccc(S(C)(=O)=O)cc3)c3cccnc3n2)nc1C. The van der Waals surface area contributed by atoms with E-state index in [0.29, 0.717) is 33.7 Å². The minimum Gasteiger partial charge on any atom is -0.462 e. The van der Waals surface area contributed by atoms with Crippen molar-refractivity contribution in [3.8, 4) is 0 Å². The van der Waals surface area contributed by atoms with Gasteiger partial charge in [-0.1, -0.05) is 23.5 Å². The van der Waals surface area contributed by atoms with E-state index in [2.05, 4.69) is 30.6 Å². The summed E-state index contributed by atoms with van der Waals surface area (Å²) < 4.78 is 28.4. The van der Waals surface area contributed by atoms with Crippen LogP contribution in [0.4, 0.5) is 16.9 Å². The first-order valence-corrected chi connectivity index (χ1v) is 13.0. The molecular weight excluding hydrogens is 476 g/mol. The number of benzene rings is 1. The molecule has 3 aromatic heterocycles. The fourth-order valence-corrected chi connectivity index (χ4v) is 4.61. The van der Waals surface area contributed by atoms with Crippen molar-refractivity contribution < 1.29 is 17.9 Å². The van der Waals surface area contributed by atoms with Gasteiger partial charge in [-0.2, -0.15) is 9.97 Å². The molecule has 0 aliphatic heterocycles. The summed E-state index contributed by atoms with van der Waals surface area (Å²) in [5, 5.41) is 7.50. The first kappa shape index (κ1) is 23.5. The highest BCUT2D eigenvalue weighted by Crippen LogP contribution is 2.27. The zero-order valence-corrected chi connectivity index (χ0v) is 20.3. The number of nitrogens with one attached hydrogen (secondary N) is 2. The van der Waals surface area contributed by atoms with Crippen molar-refractivity contribution in [2.45, 2.75) is 25.3 Å². The highest BCUT2D eigenvalue weighted by Gasteiger charge is 2.18. The first-order chi connectivity index (χ1) is 16.2. The van der Waals surface area contributed by atoms with Gasteiger partial charge in [0.15, 0.2) is 20.6 Å². The van der Waals surface area contributed by atoms with Gasteiger partial charge in [0.1, 0.15) is 10.7 Å². The van der Waals surface area contributed by atoms with Crippen molar-refractivity contribution in [1.29, 1.82) is 0 Å². The maximum Gasteiger partial charge on any atom is 0.350 e. The van der Waals surface area contributed by atoms with Crippen LogP contribution in [0.15, 0.2) is 47.5 Å². The summed E-state index contributed by atoms with van der Waals surface area (Å²) in [5.74, 6) is 0.396. The van der Waals surface area contributed by atoms with Gasteiger partial charge < -0.3 is 10.1 Å². The van der Waals surface area contributed by atoms with Gasteiger partial charge in [0.05, 0.1) is 22.6 Å². The topological polar surface area (TPSA) is 136 Å². The Kier molecular flexibility index (Phi) is 6.70. The van der Waals surface area contributed by atoms with E-state index in [-0.39, 0.29) is 17.5 Å². The summed E-state index contributed by atoms with van der Waals surface area (Å²) in [5.41, 5.74) is 1.92. The van der Waals surface area contributed by atoms with E-state index in [4.69, 9.17) is 4.74 Å². The van der Waals surface area contributed by atoms with E-state index in [1.54, 1.807) is 50.4 Å². The third-order valence-electron chi connectivity index (χ3n) is 4.76. The standard InChI is InChI=1S/C22H22N6O4S2/c1-4-32-20(29)17-13(2)25-22(33-17)28-21-26-18-16(6-5-11-23-18)19(27-21)24-12-14-7-9-15(10-8-14)34(3,30)31/h5-11H,4,12H2,1-3H3,(H2,23,24,25,26,27,28). The Hall–Kier alpha value is -3.64. The average Bonchev–Trinajstić information content (AvgIpc) is 3.17. The fourth-order valence-electron chi connectivity index (χ4n) is 3.12. The van der Waals surface area contributed by atoms with E-state index < -0.39 is 15.8 Å². The molecular formula is C22H22N6O4S2. The monoisotopic (exact) mass is 498 g/mol. The molecule has 34 heavy (non-hydrogen) atoms. The number of fused-ring (bicyclic) bond motifs is 1. The lowest BCUT2D eigenvalue weighted by molar-refractivity contribution is 0.0531. The van der Waals surface area contributed by atoms with Crippen LogP contribution < -0.4 is 10.6 Å². The largest absolute Gasteiger partial charge is 0.462 e. The molecule has 2 N–H and O–H groups in total. The minimum absolute atomic E-state index is 0.264. The van der Waals surface area contributed by atoms with Crippen LogP contribution in [0.5, 0.6) is 0 Å². The van der Waals surface area contributed by atoms with Crippen LogP contribution >= 0.6 is 11.3 Å². The summed E-state index contributed by atoms with van der Waals surface area (Å²) in [6.45, 7) is 4.18. The van der Waals surface area contributed by atoms with Gasteiger partial charge >= 0.3 is 5.97 Å². The molecule has 1 aromatic carbocycles. The van der Waals surface area contributed by atoms with Gasteiger partial charge in [-0.3, -0.25) is 5.32 Å². The summed E-state index contributed by atoms with van der Waals surface area (Å²) in [4.78, 5) is 30.5. The van der Waals surface area contributed by atoms with Gasteiger partial charge in [-0.25, -0.2) is 23.2 Å². The summed E-state index contributed by atoms with van der Waals surface area (Å²) >= 11 is 1.16. The van der Waals surface area contributed by atoms with Crippen molar-refractivity contribution in [2.24, 2.45) is 0 Å². The van der Waals surface area contributed by atoms with Gasteiger partial charge in [0.25, 0.3) is 0 Å². The molecule has 0 saturated heterocycles. The smallest absolute Gasteiger partial charge is 0.350 e. The van der Waals surface area contributed by atoms with Crippen molar-refractivity contribution in [3.05, 3.63) is 58.7 Å². The predicted molar refractivity (Wildman–Crippen MR) is 130 cm³/mol. The number of hydrogen-bond acceptors (Lipinski definition) is 11. The number of anilines is 3. The van der Waals surface area contributed by atoms with E-state index in [1.807, 2.05) is 6.07 Å². The molecule has 0 amide bonds. The molecule has 10 nitrogen and oxygen atoms in total. The first-order valence-electron chi connectivity index (χ1n) is 10.3. The molecule has 4 aromatic rings. The molecule has 176 valence electrons. The third kappa shape index (κ3) is 5.29. The van der Waals surface area contributed by atoms with Crippen LogP contribution in [0.2, 0.25) is 0 Å². The number of carbonyl (C=O) groups excluding carboxylic acids is 1. The molecule has 4 rings (SSSR count). The van der Waals surface area contributed by atoms with E-state index in [0.717, 1.165) is 22.3 Å². The minimum atomic E-state index is -3.25. The van der Waals surface area contributed by atoms with Crippen LogP contribution in [-0.2, 0) is 21.1 Å². The van der Waals surface area contributed by atoms with Crippen molar-refractivity contribution >= 4 is 55.1 Å². The molecule has 3 heterocycles. The Morgan fingerprint density at radius 2 is 1.88 bits per heavy atom. The lowest BCUT2D eigenvalue weighted by Gasteiger charge is -2.11. The van der Waals surface area contributed by atoms with Gasteiger partial charge in [0, 0.05) is 19.0 Å². The summed E-state index contributed by atoms with van der Waals surface area (Å²) in [7, 11) is -3.25. The van der Waals surface area contributed by atoms with Crippen molar-refractivity contribution in [3.63, 3.8) is 0 Å².